The highest BCUT2D eigenvalue weighted by Gasteiger charge is 1.66. The second kappa shape index (κ2) is 36.3. The third kappa shape index (κ3) is 27100. The Hall–Kier alpha value is -1.43. The Bertz CT molecular complexity index is 195. The number of hydrogen-bond donors (Lipinski definition) is 6. The summed E-state index contributed by atoms with van der Waals surface area (Å²) in [6.45, 7) is 5.53. The summed E-state index contributed by atoms with van der Waals surface area (Å²) in [4.78, 5) is 36.0. The molecule has 0 aromatic rings. The molecule has 126 valence electrons. The second-order valence-electron chi connectivity index (χ2n) is 2.65. The van der Waals surface area contributed by atoms with E-state index >= 15 is 0 Å². The van der Waals surface area contributed by atoms with Crippen molar-refractivity contribution >= 4 is 46.9 Å². The largest absolute Gasteiger partial charge is 0.481 e. The van der Waals surface area contributed by atoms with Crippen LogP contribution in [0.15, 0.2) is 0 Å². The topological polar surface area (TPSA) is 201 Å². The molecular formula is C10H26MgN2O8. The summed E-state index contributed by atoms with van der Waals surface area (Å²) in [5, 5.41) is 29.7. The van der Waals surface area contributed by atoms with Crippen LogP contribution in [-0.4, -0.2) is 80.4 Å². The smallest absolute Gasteiger partial charge is 0.316 e. The van der Waals surface area contributed by atoms with Gasteiger partial charge in [0.1, 0.15) is 0 Å². The van der Waals surface area contributed by atoms with Crippen molar-refractivity contribution < 1.29 is 39.6 Å². The summed E-state index contributed by atoms with van der Waals surface area (Å²) in [5.41, 5.74) is 9.81. The molecule has 0 atom stereocenters. The molecule has 0 aliphatic carbocycles. The third-order valence-electron chi connectivity index (χ3n) is 0.167. The number of carboxylic acids is 4. The lowest BCUT2D eigenvalue weighted by Gasteiger charge is -1.72. The van der Waals surface area contributed by atoms with Gasteiger partial charge in [-0.15, -0.1) is 0 Å². The molecule has 0 spiro atoms. The van der Waals surface area contributed by atoms with Crippen molar-refractivity contribution in [2.45, 2.75) is 27.7 Å². The first-order valence-corrected chi connectivity index (χ1v) is 5.03. The standard InChI is InChI=1S/C2H8N2.4C2H4O2.Mg.2H/c3-1-2-4;4*1-2(3)4;;;/h1-4H2;4*1H3,(H,3,4);;;. The van der Waals surface area contributed by atoms with Crippen molar-refractivity contribution in [1.29, 1.82) is 0 Å². The van der Waals surface area contributed by atoms with Crippen LogP contribution < -0.4 is 11.5 Å². The van der Waals surface area contributed by atoms with Gasteiger partial charge in [-0.2, -0.15) is 0 Å². The van der Waals surface area contributed by atoms with Gasteiger partial charge in [0.15, 0.2) is 0 Å². The zero-order valence-corrected chi connectivity index (χ0v) is 12.0. The molecule has 0 aromatic heterocycles. The predicted molar refractivity (Wildman–Crippen MR) is 79.9 cm³/mol. The van der Waals surface area contributed by atoms with Gasteiger partial charge < -0.3 is 31.9 Å². The van der Waals surface area contributed by atoms with Gasteiger partial charge in [-0.3, -0.25) is 19.2 Å². The fourth-order valence-corrected chi connectivity index (χ4v) is 0. The van der Waals surface area contributed by atoms with Crippen molar-refractivity contribution in [3.8, 4) is 0 Å². The van der Waals surface area contributed by atoms with Crippen molar-refractivity contribution in [2.24, 2.45) is 11.5 Å². The fraction of sp³-hybridized carbons (Fsp3) is 0.600. The molecule has 21 heavy (non-hydrogen) atoms. The van der Waals surface area contributed by atoms with E-state index in [0.29, 0.717) is 13.1 Å². The van der Waals surface area contributed by atoms with E-state index in [2.05, 4.69) is 0 Å². The molecule has 0 unspecified atom stereocenters. The van der Waals surface area contributed by atoms with Gasteiger partial charge in [0, 0.05) is 40.8 Å². The van der Waals surface area contributed by atoms with Crippen molar-refractivity contribution in [3.05, 3.63) is 0 Å². The maximum atomic E-state index is 9.00. The highest BCUT2D eigenvalue weighted by molar-refractivity contribution is 5.75. The quantitative estimate of drug-likeness (QED) is 0.303. The van der Waals surface area contributed by atoms with Gasteiger partial charge in [-0.05, 0) is 0 Å². The zero-order chi connectivity index (χ0) is 17.7. The van der Waals surface area contributed by atoms with E-state index in [1.54, 1.807) is 0 Å². The lowest BCUT2D eigenvalue weighted by atomic mass is 10.7. The van der Waals surface area contributed by atoms with Gasteiger partial charge in [-0.25, -0.2) is 0 Å². The maximum Gasteiger partial charge on any atom is 0.316 e. The minimum atomic E-state index is -0.833. The van der Waals surface area contributed by atoms with Crippen LogP contribution in [0.4, 0.5) is 0 Å². The molecule has 0 aliphatic heterocycles. The van der Waals surface area contributed by atoms with Crippen LogP contribution >= 0.6 is 0 Å². The molecule has 0 bridgehead atoms. The molecule has 11 heteroatoms. The Morgan fingerprint density at radius 1 is 0.619 bits per heavy atom. The van der Waals surface area contributed by atoms with Gasteiger partial charge in [0.05, 0.1) is 0 Å². The third-order valence-corrected chi connectivity index (χ3v) is 0.167. The van der Waals surface area contributed by atoms with Gasteiger partial charge in [0.25, 0.3) is 23.9 Å². The Morgan fingerprint density at radius 2 is 0.667 bits per heavy atom. The van der Waals surface area contributed by atoms with E-state index in [9.17, 15) is 0 Å². The van der Waals surface area contributed by atoms with E-state index < -0.39 is 23.9 Å². The molecule has 0 rings (SSSR count). The van der Waals surface area contributed by atoms with Gasteiger partial charge >= 0.3 is 23.1 Å². The number of aliphatic carboxylic acids is 4. The molecule has 0 radical (unpaired) electrons. The number of hydrogen-bond acceptors (Lipinski definition) is 6. The molecule has 0 aliphatic rings. The van der Waals surface area contributed by atoms with E-state index in [-0.39, 0.29) is 23.1 Å². The van der Waals surface area contributed by atoms with Crippen LogP contribution in [0.2, 0.25) is 0 Å². The van der Waals surface area contributed by atoms with Crippen LogP contribution in [0.3, 0.4) is 0 Å². The van der Waals surface area contributed by atoms with Gasteiger partial charge in [0.2, 0.25) is 0 Å². The fourth-order valence-electron chi connectivity index (χ4n) is 0. The van der Waals surface area contributed by atoms with Crippen LogP contribution in [-0.2, 0) is 19.2 Å². The van der Waals surface area contributed by atoms with E-state index in [4.69, 9.17) is 51.1 Å². The molecule has 0 fully saturated rings. The summed E-state index contributed by atoms with van der Waals surface area (Å²) < 4.78 is 0. The summed E-state index contributed by atoms with van der Waals surface area (Å²) >= 11 is 0. The number of carbonyl (C=O) groups is 4. The van der Waals surface area contributed by atoms with Crippen LogP contribution in [0.25, 0.3) is 0 Å². The summed E-state index contributed by atoms with van der Waals surface area (Å²) in [6.07, 6.45) is 0. The lowest BCUT2D eigenvalue weighted by molar-refractivity contribution is -0.135. The van der Waals surface area contributed by atoms with E-state index in [1.165, 1.54) is 0 Å². The van der Waals surface area contributed by atoms with Crippen LogP contribution in [0.1, 0.15) is 27.7 Å². The first kappa shape index (κ1) is 36.6. The minimum absolute atomic E-state index is 0. The number of nitrogens with two attached hydrogens (primary N) is 2. The number of rotatable bonds is 1. The average Bonchev–Trinajstić information content (AvgIpc) is 2.13. The van der Waals surface area contributed by atoms with Gasteiger partial charge in [-0.1, -0.05) is 0 Å². The summed E-state index contributed by atoms with van der Waals surface area (Å²) in [5.74, 6) is -3.33. The highest BCUT2D eigenvalue weighted by atomic mass is 24.3. The summed E-state index contributed by atoms with van der Waals surface area (Å²) in [7, 11) is 0. The monoisotopic (exact) mass is 326 g/mol. The Labute approximate surface area is 139 Å². The minimum Gasteiger partial charge on any atom is -0.481 e. The first-order chi connectivity index (χ1) is 8.84. The number of carboxylic acid groups (broad SMARTS) is 4. The Balaban J connectivity index is -0.0000000331. The molecule has 0 saturated heterocycles. The van der Waals surface area contributed by atoms with Crippen LogP contribution in [0, 0.1) is 0 Å². The molecular weight excluding hydrogens is 300 g/mol. The molecule has 0 amide bonds. The molecule has 0 saturated carbocycles. The Morgan fingerprint density at radius 3 is 0.667 bits per heavy atom. The van der Waals surface area contributed by atoms with Crippen molar-refractivity contribution in [3.63, 3.8) is 0 Å². The van der Waals surface area contributed by atoms with E-state index in [1.807, 2.05) is 0 Å². The highest BCUT2D eigenvalue weighted by Crippen LogP contribution is 1.43. The SMILES string of the molecule is CC(=O)O.CC(=O)O.CC(=O)O.CC(=O)O.NCCN.[MgH2]. The van der Waals surface area contributed by atoms with Crippen LogP contribution in [0.5, 0.6) is 0 Å². The molecule has 0 aromatic carbocycles. The zero-order valence-electron chi connectivity index (χ0n) is 12.0. The second-order valence-corrected chi connectivity index (χ2v) is 2.65. The first-order valence-electron chi connectivity index (χ1n) is 5.03. The average molecular weight is 327 g/mol. The predicted octanol–water partition coefficient (Wildman–Crippen LogP) is -1.65. The van der Waals surface area contributed by atoms with Crippen molar-refractivity contribution in [1.82, 2.24) is 0 Å². The molecule has 10 nitrogen and oxygen atoms in total. The maximum absolute atomic E-state index is 9.00. The van der Waals surface area contributed by atoms with E-state index in [0.717, 1.165) is 27.7 Å². The Kier molecular flexibility index (Phi) is 63.3. The molecule has 0 heterocycles. The lowest BCUT2D eigenvalue weighted by Crippen LogP contribution is -2.11. The molecule has 8 N–H and O–H groups in total. The normalized spacial score (nSPS) is 6.19. The summed E-state index contributed by atoms with van der Waals surface area (Å²) in [6, 6.07) is 0. The van der Waals surface area contributed by atoms with Crippen molar-refractivity contribution in [2.75, 3.05) is 13.1 Å².